The predicted octanol–water partition coefficient (Wildman–Crippen LogP) is 1.13. The summed E-state index contributed by atoms with van der Waals surface area (Å²) >= 11 is 1.39. The Morgan fingerprint density at radius 2 is 2.07 bits per heavy atom. The minimum atomic E-state index is -0.250. The number of rotatable bonds is 3. The van der Waals surface area contributed by atoms with Gasteiger partial charge in [0.15, 0.2) is 0 Å². The second kappa shape index (κ2) is 9.55. The zero-order valence-electron chi connectivity index (χ0n) is 17.2. The number of hydrogen-bond acceptors (Lipinski definition) is 6. The standard InChI is InChI=1S/C19H26N4O3S.CH2O2/c1-11-18(27-10-21-11)19(26)22-8-13-6-14(9-22)16(7-20-12(2)24)23-15(13)4-3-5-17(23)25;2-1-3/h10,13-16H,3-9H2,1-2H3,(H,20,24);1H,(H,2,3)/t13-,14+,15+,16+;/m1./s1. The number of amides is 3. The lowest BCUT2D eigenvalue weighted by molar-refractivity contribution is -0.151. The van der Waals surface area contributed by atoms with Crippen molar-refractivity contribution in [3.05, 3.63) is 16.1 Å². The molecule has 3 amide bonds. The SMILES string of the molecule is CC(=O)NC[C@H]1[C@H]2C[C@H](CN(C(=O)c3scnc3C)C2)[C@@H]2CCCC(=O)N21.O=CO. The summed E-state index contributed by atoms with van der Waals surface area (Å²) in [4.78, 5) is 54.5. The third kappa shape index (κ3) is 4.48. The molecule has 10 heteroatoms. The molecule has 2 bridgehead atoms. The molecule has 3 fully saturated rings. The number of fused-ring (bicyclic) bond motifs is 4. The van der Waals surface area contributed by atoms with Crippen LogP contribution in [0, 0.1) is 18.8 Å². The number of hydrogen-bond donors (Lipinski definition) is 2. The second-order valence-electron chi connectivity index (χ2n) is 8.10. The van der Waals surface area contributed by atoms with Gasteiger partial charge in [0.1, 0.15) is 4.88 Å². The molecule has 4 heterocycles. The molecule has 0 spiro atoms. The van der Waals surface area contributed by atoms with E-state index in [1.54, 1.807) is 5.51 Å². The van der Waals surface area contributed by atoms with Crippen LogP contribution in [0.2, 0.25) is 0 Å². The van der Waals surface area contributed by atoms with Gasteiger partial charge in [-0.25, -0.2) is 4.98 Å². The van der Waals surface area contributed by atoms with Crippen molar-refractivity contribution < 1.29 is 24.3 Å². The Morgan fingerprint density at radius 1 is 1.37 bits per heavy atom. The molecule has 0 aromatic carbocycles. The number of aryl methyl sites for hydroxylation is 1. The molecule has 1 aromatic rings. The van der Waals surface area contributed by atoms with Crippen LogP contribution in [0.3, 0.4) is 0 Å². The van der Waals surface area contributed by atoms with Gasteiger partial charge in [0.25, 0.3) is 12.4 Å². The lowest BCUT2D eigenvalue weighted by atomic mass is 9.72. The van der Waals surface area contributed by atoms with Crippen LogP contribution in [0.15, 0.2) is 5.51 Å². The van der Waals surface area contributed by atoms with E-state index < -0.39 is 0 Å². The lowest BCUT2D eigenvalue weighted by Gasteiger charge is -2.56. The summed E-state index contributed by atoms with van der Waals surface area (Å²) in [5.41, 5.74) is 2.50. The molecular weight excluding hydrogens is 408 g/mol. The van der Waals surface area contributed by atoms with Crippen molar-refractivity contribution in [3.63, 3.8) is 0 Å². The Morgan fingerprint density at radius 3 is 2.70 bits per heavy atom. The summed E-state index contributed by atoms with van der Waals surface area (Å²) in [6.45, 7) is 4.93. The van der Waals surface area contributed by atoms with E-state index in [-0.39, 0.29) is 42.2 Å². The Balaban J connectivity index is 0.000000806. The fourth-order valence-electron chi connectivity index (χ4n) is 5.10. The van der Waals surface area contributed by atoms with Crippen LogP contribution in [-0.2, 0) is 14.4 Å². The van der Waals surface area contributed by atoms with Gasteiger partial charge in [-0.05, 0) is 38.0 Å². The third-order valence-corrected chi connectivity index (χ3v) is 7.20. The Labute approximate surface area is 179 Å². The number of thiazole rings is 1. The monoisotopic (exact) mass is 436 g/mol. The van der Waals surface area contributed by atoms with Gasteiger partial charge in [-0.3, -0.25) is 19.2 Å². The fraction of sp³-hybridized carbons (Fsp3) is 0.650. The number of nitrogens with one attached hydrogen (secondary N) is 1. The Kier molecular flexibility index (Phi) is 7.06. The fourth-order valence-corrected chi connectivity index (χ4v) is 5.87. The van der Waals surface area contributed by atoms with Crippen molar-refractivity contribution >= 4 is 35.5 Å². The average Bonchev–Trinajstić information content (AvgIpc) is 3.14. The van der Waals surface area contributed by atoms with Crippen molar-refractivity contribution in [3.8, 4) is 0 Å². The molecule has 9 nitrogen and oxygen atoms in total. The molecule has 0 saturated carbocycles. The van der Waals surface area contributed by atoms with E-state index in [2.05, 4.69) is 15.2 Å². The normalized spacial score (nSPS) is 27.5. The van der Waals surface area contributed by atoms with Gasteiger partial charge in [-0.2, -0.15) is 0 Å². The maximum absolute atomic E-state index is 13.1. The molecule has 30 heavy (non-hydrogen) atoms. The number of carbonyl (C=O) groups excluding carboxylic acids is 3. The summed E-state index contributed by atoms with van der Waals surface area (Å²) < 4.78 is 0. The summed E-state index contributed by atoms with van der Waals surface area (Å²) in [6.07, 6.45) is 3.51. The maximum atomic E-state index is 13.1. The van der Waals surface area contributed by atoms with Crippen LogP contribution in [0.25, 0.3) is 0 Å². The molecular formula is C20H28N4O5S. The summed E-state index contributed by atoms with van der Waals surface area (Å²) in [5, 5.41) is 9.80. The number of nitrogens with zero attached hydrogens (tertiary/aromatic N) is 3. The predicted molar refractivity (Wildman–Crippen MR) is 110 cm³/mol. The summed E-state index contributed by atoms with van der Waals surface area (Å²) in [5.74, 6) is 0.694. The van der Waals surface area contributed by atoms with Crippen LogP contribution in [-0.4, -0.2) is 75.8 Å². The number of carbonyl (C=O) groups is 4. The molecule has 4 atom stereocenters. The molecule has 3 saturated heterocycles. The zero-order chi connectivity index (χ0) is 21.8. The highest BCUT2D eigenvalue weighted by molar-refractivity contribution is 7.11. The molecule has 164 valence electrons. The van der Waals surface area contributed by atoms with Gasteiger partial charge in [0.2, 0.25) is 11.8 Å². The first-order valence-electron chi connectivity index (χ1n) is 10.2. The van der Waals surface area contributed by atoms with Crippen molar-refractivity contribution in [1.29, 1.82) is 0 Å². The lowest BCUT2D eigenvalue weighted by Crippen LogP contribution is -2.67. The van der Waals surface area contributed by atoms with Crippen LogP contribution < -0.4 is 5.32 Å². The first-order valence-corrected chi connectivity index (χ1v) is 11.1. The minimum absolute atomic E-state index is 0.0268. The Hall–Kier alpha value is -2.49. The largest absolute Gasteiger partial charge is 0.483 e. The van der Waals surface area contributed by atoms with E-state index in [1.807, 2.05) is 11.8 Å². The quantitative estimate of drug-likeness (QED) is 0.686. The average molecular weight is 437 g/mol. The molecule has 1 aromatic heterocycles. The van der Waals surface area contributed by atoms with E-state index in [9.17, 15) is 14.4 Å². The van der Waals surface area contributed by atoms with Crippen LogP contribution in [0.1, 0.15) is 48.0 Å². The Bertz CT molecular complexity index is 813. The van der Waals surface area contributed by atoms with E-state index >= 15 is 0 Å². The van der Waals surface area contributed by atoms with E-state index in [0.717, 1.165) is 25.0 Å². The number of piperidine rings is 3. The highest BCUT2D eigenvalue weighted by Gasteiger charge is 2.50. The molecule has 3 aliphatic heterocycles. The van der Waals surface area contributed by atoms with Crippen molar-refractivity contribution in [2.24, 2.45) is 11.8 Å². The maximum Gasteiger partial charge on any atom is 0.290 e. The van der Waals surface area contributed by atoms with Gasteiger partial charge in [-0.1, -0.05) is 0 Å². The second-order valence-corrected chi connectivity index (χ2v) is 8.96. The molecule has 0 unspecified atom stereocenters. The summed E-state index contributed by atoms with van der Waals surface area (Å²) in [7, 11) is 0. The molecule has 0 radical (unpaired) electrons. The summed E-state index contributed by atoms with van der Waals surface area (Å²) in [6, 6.07) is 0.153. The zero-order valence-corrected chi connectivity index (χ0v) is 18.1. The van der Waals surface area contributed by atoms with E-state index in [4.69, 9.17) is 9.90 Å². The van der Waals surface area contributed by atoms with Gasteiger partial charge in [0, 0.05) is 39.0 Å². The van der Waals surface area contributed by atoms with Crippen LogP contribution in [0.4, 0.5) is 0 Å². The van der Waals surface area contributed by atoms with Crippen molar-refractivity contribution in [2.75, 3.05) is 19.6 Å². The van der Waals surface area contributed by atoms with Gasteiger partial charge in [-0.15, -0.1) is 11.3 Å². The highest BCUT2D eigenvalue weighted by Crippen LogP contribution is 2.41. The topological polar surface area (TPSA) is 120 Å². The van der Waals surface area contributed by atoms with E-state index in [0.29, 0.717) is 36.9 Å². The molecule has 2 N–H and O–H groups in total. The number of likely N-dealkylation sites (tertiary alicyclic amines) is 1. The van der Waals surface area contributed by atoms with Gasteiger partial charge < -0.3 is 20.2 Å². The first kappa shape index (κ1) is 22.2. The molecule has 4 rings (SSSR count). The van der Waals surface area contributed by atoms with Crippen LogP contribution >= 0.6 is 11.3 Å². The van der Waals surface area contributed by atoms with Gasteiger partial charge >= 0.3 is 0 Å². The third-order valence-electron chi connectivity index (χ3n) is 6.28. The number of carboxylic acid groups (broad SMARTS) is 1. The highest BCUT2D eigenvalue weighted by atomic mass is 32.1. The number of aromatic nitrogens is 1. The van der Waals surface area contributed by atoms with Crippen molar-refractivity contribution in [1.82, 2.24) is 20.1 Å². The van der Waals surface area contributed by atoms with Crippen LogP contribution in [0.5, 0.6) is 0 Å². The minimum Gasteiger partial charge on any atom is -0.483 e. The van der Waals surface area contributed by atoms with Crippen molar-refractivity contribution in [2.45, 2.75) is 51.6 Å². The molecule has 0 aliphatic carbocycles. The van der Waals surface area contributed by atoms with E-state index in [1.165, 1.54) is 18.3 Å². The first-order chi connectivity index (χ1) is 14.4. The smallest absolute Gasteiger partial charge is 0.290 e. The van der Waals surface area contributed by atoms with Gasteiger partial charge in [0.05, 0.1) is 17.2 Å². The molecule has 3 aliphatic rings.